The van der Waals surface area contributed by atoms with Crippen molar-refractivity contribution in [3.63, 3.8) is 0 Å². The Bertz CT molecular complexity index is 828. The van der Waals surface area contributed by atoms with E-state index in [1.54, 1.807) is 6.07 Å². The number of anilines is 1. The van der Waals surface area contributed by atoms with E-state index in [0.717, 1.165) is 29.9 Å². The molecule has 1 aromatic rings. The molecule has 2 fully saturated rings. The molecule has 1 aliphatic carbocycles. The lowest BCUT2D eigenvalue weighted by Crippen LogP contribution is -2.51. The van der Waals surface area contributed by atoms with Gasteiger partial charge in [0, 0.05) is 17.2 Å². The second-order valence-corrected chi connectivity index (χ2v) is 10.5. The van der Waals surface area contributed by atoms with Gasteiger partial charge in [-0.2, -0.15) is 5.10 Å². The quantitative estimate of drug-likeness (QED) is 0.637. The molecule has 30 heavy (non-hydrogen) atoms. The van der Waals surface area contributed by atoms with E-state index in [4.69, 9.17) is 0 Å². The number of aromatic nitrogens is 2. The fraction of sp³-hybridized carbons (Fsp3) is 0.727. The zero-order valence-corrected chi connectivity index (χ0v) is 19.0. The summed E-state index contributed by atoms with van der Waals surface area (Å²) in [5.41, 5.74) is 0.128. The Morgan fingerprint density at radius 1 is 1.23 bits per heavy atom. The van der Waals surface area contributed by atoms with Crippen LogP contribution in [0.2, 0.25) is 0 Å². The van der Waals surface area contributed by atoms with Crippen LogP contribution in [0.4, 0.5) is 10.6 Å². The van der Waals surface area contributed by atoms with Gasteiger partial charge in [-0.15, -0.1) is 0 Å². The third-order valence-corrected chi connectivity index (χ3v) is 7.06. The Kier molecular flexibility index (Phi) is 5.73. The third-order valence-electron chi connectivity index (χ3n) is 7.06. The van der Waals surface area contributed by atoms with Crippen LogP contribution >= 0.6 is 0 Å². The average Bonchev–Trinajstić information content (AvgIpc) is 3.21. The summed E-state index contributed by atoms with van der Waals surface area (Å²) in [4.78, 5) is 39.1. The van der Waals surface area contributed by atoms with Gasteiger partial charge in [-0.25, -0.2) is 4.79 Å². The lowest BCUT2D eigenvalue weighted by molar-refractivity contribution is -0.135. The van der Waals surface area contributed by atoms with Crippen LogP contribution in [0.15, 0.2) is 6.07 Å². The molecule has 0 unspecified atom stereocenters. The smallest absolute Gasteiger partial charge is 0.323 e. The molecular weight excluding hydrogens is 382 g/mol. The van der Waals surface area contributed by atoms with Crippen LogP contribution < -0.4 is 10.6 Å². The average molecular weight is 418 g/mol. The molecule has 0 radical (unpaired) electrons. The second kappa shape index (κ2) is 7.71. The van der Waals surface area contributed by atoms with Crippen LogP contribution in [-0.2, 0) is 15.0 Å². The molecule has 1 saturated carbocycles. The van der Waals surface area contributed by atoms with E-state index in [2.05, 4.69) is 41.6 Å². The number of hydrogen-bond acceptors (Lipinski definition) is 4. The molecule has 0 aromatic carbocycles. The van der Waals surface area contributed by atoms with Gasteiger partial charge < -0.3 is 10.6 Å². The summed E-state index contributed by atoms with van der Waals surface area (Å²) in [6.45, 7) is 12.5. The molecule has 1 aliphatic heterocycles. The van der Waals surface area contributed by atoms with Gasteiger partial charge in [0.2, 0.25) is 5.91 Å². The predicted octanol–water partition coefficient (Wildman–Crippen LogP) is 3.56. The molecule has 8 heteroatoms. The Hall–Kier alpha value is -2.38. The summed E-state index contributed by atoms with van der Waals surface area (Å²) < 4.78 is 0. The molecule has 2 aliphatic rings. The summed E-state index contributed by atoms with van der Waals surface area (Å²) in [6, 6.07) is 1.28. The van der Waals surface area contributed by atoms with E-state index in [0.29, 0.717) is 24.6 Å². The second-order valence-electron chi connectivity index (χ2n) is 10.5. The molecule has 1 spiro atoms. The van der Waals surface area contributed by atoms with Crippen LogP contribution in [0.3, 0.4) is 0 Å². The van der Waals surface area contributed by atoms with Crippen molar-refractivity contribution in [2.24, 2.45) is 11.3 Å². The minimum Gasteiger partial charge on any atom is -0.323 e. The van der Waals surface area contributed by atoms with Crippen LogP contribution in [0.5, 0.6) is 0 Å². The molecule has 3 rings (SSSR count). The van der Waals surface area contributed by atoms with Crippen LogP contribution in [0.25, 0.3) is 0 Å². The third kappa shape index (κ3) is 4.23. The highest BCUT2D eigenvalue weighted by atomic mass is 16.2. The number of rotatable bonds is 5. The van der Waals surface area contributed by atoms with E-state index < -0.39 is 17.5 Å². The van der Waals surface area contributed by atoms with Gasteiger partial charge in [0.15, 0.2) is 5.82 Å². The highest BCUT2D eigenvalue weighted by Gasteiger charge is 2.53. The Labute approximate surface area is 178 Å². The number of urea groups is 1. The first-order chi connectivity index (χ1) is 13.9. The molecule has 2 heterocycles. The zero-order chi connectivity index (χ0) is 22.3. The van der Waals surface area contributed by atoms with E-state index in [-0.39, 0.29) is 23.3 Å². The number of carbonyl (C=O) groups is 3. The van der Waals surface area contributed by atoms with E-state index >= 15 is 0 Å². The van der Waals surface area contributed by atoms with Crippen molar-refractivity contribution in [2.45, 2.75) is 84.6 Å². The van der Waals surface area contributed by atoms with Crippen molar-refractivity contribution in [1.82, 2.24) is 20.4 Å². The van der Waals surface area contributed by atoms with Crippen molar-refractivity contribution < 1.29 is 14.4 Å². The fourth-order valence-electron chi connectivity index (χ4n) is 4.44. The molecular formula is C22H35N5O3. The first kappa shape index (κ1) is 22.3. The topological polar surface area (TPSA) is 107 Å². The van der Waals surface area contributed by atoms with Crippen molar-refractivity contribution in [3.05, 3.63) is 11.8 Å². The van der Waals surface area contributed by atoms with Crippen molar-refractivity contribution >= 4 is 23.7 Å². The fourth-order valence-corrected chi connectivity index (χ4v) is 4.44. The number of amides is 4. The summed E-state index contributed by atoms with van der Waals surface area (Å²) in [5.74, 6) is 0.192. The van der Waals surface area contributed by atoms with Crippen molar-refractivity contribution in [1.29, 1.82) is 0 Å². The van der Waals surface area contributed by atoms with Gasteiger partial charge >= 0.3 is 6.03 Å². The first-order valence-electron chi connectivity index (χ1n) is 10.9. The molecule has 3 N–H and O–H groups in total. The summed E-state index contributed by atoms with van der Waals surface area (Å²) in [5, 5.41) is 12.6. The molecule has 166 valence electrons. The normalized spacial score (nSPS) is 25.0. The maximum absolute atomic E-state index is 13.1. The van der Waals surface area contributed by atoms with Crippen LogP contribution in [0, 0.1) is 11.3 Å². The Balaban J connectivity index is 1.61. The van der Waals surface area contributed by atoms with Crippen LogP contribution in [-0.4, -0.2) is 45.0 Å². The molecule has 0 atom stereocenters. The summed E-state index contributed by atoms with van der Waals surface area (Å²) in [6.07, 6.45) is 4.13. The summed E-state index contributed by atoms with van der Waals surface area (Å²) in [7, 11) is 0. The standard InChI is InChI=1S/C22H35N5O3/c1-7-21(5,6)14-8-10-22(11-9-14)18(29)27(19(30)24-22)13-17(28)23-16-12-15(25-26-16)20(2,3)4/h12,14H,7-11,13H2,1-6H3,(H,24,30)(H2,23,25,26,28). The number of nitrogens with zero attached hydrogens (tertiary/aromatic N) is 2. The van der Waals surface area contributed by atoms with Gasteiger partial charge in [0.05, 0.1) is 0 Å². The lowest BCUT2D eigenvalue weighted by Gasteiger charge is -2.42. The largest absolute Gasteiger partial charge is 0.325 e. The number of aromatic amines is 1. The van der Waals surface area contributed by atoms with Crippen molar-refractivity contribution in [2.75, 3.05) is 11.9 Å². The van der Waals surface area contributed by atoms with E-state index in [1.807, 2.05) is 20.8 Å². The number of carbonyl (C=O) groups excluding carboxylic acids is 3. The molecule has 1 saturated heterocycles. The monoisotopic (exact) mass is 417 g/mol. The van der Waals surface area contributed by atoms with E-state index in [9.17, 15) is 14.4 Å². The Morgan fingerprint density at radius 2 is 1.87 bits per heavy atom. The predicted molar refractivity (Wildman–Crippen MR) is 115 cm³/mol. The molecule has 4 amide bonds. The zero-order valence-electron chi connectivity index (χ0n) is 19.0. The minimum atomic E-state index is -0.858. The maximum Gasteiger partial charge on any atom is 0.325 e. The van der Waals surface area contributed by atoms with Crippen molar-refractivity contribution in [3.8, 4) is 0 Å². The number of imide groups is 1. The van der Waals surface area contributed by atoms with Gasteiger partial charge in [-0.1, -0.05) is 48.0 Å². The van der Waals surface area contributed by atoms with E-state index in [1.165, 1.54) is 0 Å². The number of H-pyrrole nitrogens is 1. The lowest BCUT2D eigenvalue weighted by atomic mass is 9.65. The minimum absolute atomic E-state index is 0.127. The highest BCUT2D eigenvalue weighted by Crippen LogP contribution is 2.45. The number of nitrogens with one attached hydrogen (secondary N) is 3. The first-order valence-corrected chi connectivity index (χ1v) is 10.9. The molecule has 0 bridgehead atoms. The SMILES string of the molecule is CCC(C)(C)C1CCC2(CC1)NC(=O)N(CC(=O)Nc1cc(C(C)(C)C)[nH]n1)C2=O. The molecule has 1 aromatic heterocycles. The number of hydrogen-bond donors (Lipinski definition) is 3. The van der Waals surface area contributed by atoms with Gasteiger partial charge in [0.1, 0.15) is 12.1 Å². The Morgan fingerprint density at radius 3 is 2.40 bits per heavy atom. The van der Waals surface area contributed by atoms with Crippen LogP contribution in [0.1, 0.15) is 79.3 Å². The van der Waals surface area contributed by atoms with Gasteiger partial charge in [0.25, 0.3) is 5.91 Å². The van der Waals surface area contributed by atoms with Gasteiger partial charge in [-0.05, 0) is 37.0 Å². The molecule has 8 nitrogen and oxygen atoms in total. The highest BCUT2D eigenvalue weighted by molar-refractivity contribution is 6.10. The van der Waals surface area contributed by atoms with Gasteiger partial charge in [-0.3, -0.25) is 19.6 Å². The maximum atomic E-state index is 13.1. The summed E-state index contributed by atoms with van der Waals surface area (Å²) >= 11 is 0.